The number of likely N-dealkylation sites (tertiary alicyclic amines) is 1. The molecule has 2 atom stereocenters. The van der Waals surface area contributed by atoms with Crippen molar-refractivity contribution in [1.82, 2.24) is 25.1 Å². The number of hydrogen-bond donors (Lipinski definition) is 1. The van der Waals surface area contributed by atoms with Gasteiger partial charge in [-0.2, -0.15) is 4.68 Å². The summed E-state index contributed by atoms with van der Waals surface area (Å²) in [6.07, 6.45) is 1.68. The summed E-state index contributed by atoms with van der Waals surface area (Å²) in [4.78, 5) is 2.19. The van der Waals surface area contributed by atoms with Crippen LogP contribution >= 0.6 is 0 Å². The van der Waals surface area contributed by atoms with Crippen molar-refractivity contribution in [3.8, 4) is 5.69 Å². The van der Waals surface area contributed by atoms with Gasteiger partial charge in [0.25, 0.3) is 0 Å². The summed E-state index contributed by atoms with van der Waals surface area (Å²) in [6.45, 7) is 4.68. The molecule has 2 aromatic carbocycles. The van der Waals surface area contributed by atoms with Crippen LogP contribution in [0.3, 0.4) is 0 Å². The fourth-order valence-corrected chi connectivity index (χ4v) is 4.20. The number of nitrogens with zero attached hydrogens (tertiary/aromatic N) is 5. The van der Waals surface area contributed by atoms with Crippen LogP contribution in [-0.2, 0) is 6.54 Å². The number of aliphatic hydroxyl groups is 1. The molecule has 0 radical (unpaired) electrons. The number of rotatable bonds is 5. The highest BCUT2D eigenvalue weighted by molar-refractivity contribution is 5.46. The molecule has 0 unspecified atom stereocenters. The molecule has 0 saturated carbocycles. The van der Waals surface area contributed by atoms with Gasteiger partial charge in [-0.15, -0.1) is 5.10 Å². The van der Waals surface area contributed by atoms with Crippen LogP contribution in [-0.4, -0.2) is 42.9 Å². The number of aryl methyl sites for hydroxylation is 2. The lowest BCUT2D eigenvalue weighted by atomic mass is 10.1. The van der Waals surface area contributed by atoms with Crippen LogP contribution in [0.4, 0.5) is 4.39 Å². The summed E-state index contributed by atoms with van der Waals surface area (Å²) in [5.41, 5.74) is 4.06. The first-order valence-corrected chi connectivity index (χ1v) is 9.54. The summed E-state index contributed by atoms with van der Waals surface area (Å²) in [7, 11) is 0. The van der Waals surface area contributed by atoms with E-state index < -0.39 is 0 Å². The molecule has 1 N–H and O–H groups in total. The Morgan fingerprint density at radius 3 is 2.57 bits per heavy atom. The molecule has 28 heavy (non-hydrogen) atoms. The standard InChI is InChI=1S/C21H24FN5O/c1-14-5-3-6-15(2)20(14)27-21(23-24-25-27)19-10-9-18(13-28)26(19)12-16-7-4-8-17(22)11-16/h3-8,11,18-19,28H,9-10,12-13H2,1-2H3/t18-,19-/m0/s1. The van der Waals surface area contributed by atoms with Crippen molar-refractivity contribution in [2.75, 3.05) is 6.61 Å². The molecule has 3 aromatic rings. The molecule has 1 aromatic heterocycles. The number of para-hydroxylation sites is 1. The molecule has 0 aliphatic carbocycles. The van der Waals surface area contributed by atoms with Gasteiger partial charge in [0.1, 0.15) is 5.82 Å². The second-order valence-corrected chi connectivity index (χ2v) is 7.42. The molecule has 1 aliphatic rings. The highest BCUT2D eigenvalue weighted by Crippen LogP contribution is 2.37. The van der Waals surface area contributed by atoms with Crippen molar-refractivity contribution in [1.29, 1.82) is 0 Å². The monoisotopic (exact) mass is 381 g/mol. The van der Waals surface area contributed by atoms with Crippen LogP contribution in [0, 0.1) is 19.7 Å². The molecule has 2 heterocycles. The highest BCUT2D eigenvalue weighted by Gasteiger charge is 2.37. The number of benzene rings is 2. The first-order valence-electron chi connectivity index (χ1n) is 9.54. The molecular weight excluding hydrogens is 357 g/mol. The van der Waals surface area contributed by atoms with E-state index in [1.807, 2.05) is 42.8 Å². The van der Waals surface area contributed by atoms with Crippen molar-refractivity contribution in [3.63, 3.8) is 0 Å². The van der Waals surface area contributed by atoms with Crippen molar-refractivity contribution in [2.45, 2.75) is 45.3 Å². The van der Waals surface area contributed by atoms with E-state index in [4.69, 9.17) is 0 Å². The molecule has 1 fully saturated rings. The third kappa shape index (κ3) is 3.43. The fraction of sp³-hybridized carbons (Fsp3) is 0.381. The Kier molecular flexibility index (Phi) is 5.19. The van der Waals surface area contributed by atoms with Gasteiger partial charge in [0.05, 0.1) is 18.3 Å². The number of hydrogen-bond acceptors (Lipinski definition) is 5. The van der Waals surface area contributed by atoms with Crippen LogP contribution in [0.5, 0.6) is 0 Å². The Labute approximate surface area is 163 Å². The third-order valence-electron chi connectivity index (χ3n) is 5.55. The minimum Gasteiger partial charge on any atom is -0.395 e. The largest absolute Gasteiger partial charge is 0.395 e. The third-order valence-corrected chi connectivity index (χ3v) is 5.55. The van der Waals surface area contributed by atoms with Crippen molar-refractivity contribution >= 4 is 0 Å². The van der Waals surface area contributed by atoms with Gasteiger partial charge in [-0.3, -0.25) is 4.90 Å². The van der Waals surface area contributed by atoms with Gasteiger partial charge < -0.3 is 5.11 Å². The second-order valence-electron chi connectivity index (χ2n) is 7.42. The Balaban J connectivity index is 1.71. The fourth-order valence-electron chi connectivity index (χ4n) is 4.20. The summed E-state index contributed by atoms with van der Waals surface area (Å²) in [5, 5.41) is 22.4. The Hall–Kier alpha value is -2.64. The van der Waals surface area contributed by atoms with Crippen LogP contribution < -0.4 is 0 Å². The zero-order valence-electron chi connectivity index (χ0n) is 16.1. The minimum absolute atomic E-state index is 0.00335. The quantitative estimate of drug-likeness (QED) is 0.736. The Morgan fingerprint density at radius 2 is 1.86 bits per heavy atom. The Morgan fingerprint density at radius 1 is 1.11 bits per heavy atom. The molecule has 1 saturated heterocycles. The smallest absolute Gasteiger partial charge is 0.173 e. The summed E-state index contributed by atoms with van der Waals surface area (Å²) in [6, 6.07) is 12.7. The molecule has 4 rings (SSSR count). The normalized spacial score (nSPS) is 20.0. The Bertz CT molecular complexity index is 953. The van der Waals surface area contributed by atoms with E-state index >= 15 is 0 Å². The van der Waals surface area contributed by atoms with E-state index in [1.165, 1.54) is 12.1 Å². The molecule has 0 amide bonds. The van der Waals surface area contributed by atoms with Crippen LogP contribution in [0.2, 0.25) is 0 Å². The van der Waals surface area contributed by atoms with E-state index in [-0.39, 0.29) is 24.5 Å². The maximum atomic E-state index is 13.7. The first-order chi connectivity index (χ1) is 13.6. The molecule has 146 valence electrons. The van der Waals surface area contributed by atoms with E-state index in [1.54, 1.807) is 6.07 Å². The molecule has 1 aliphatic heterocycles. The lowest BCUT2D eigenvalue weighted by Crippen LogP contribution is -2.34. The van der Waals surface area contributed by atoms with Crippen LogP contribution in [0.1, 0.15) is 41.4 Å². The molecule has 6 nitrogen and oxygen atoms in total. The summed E-state index contributed by atoms with van der Waals surface area (Å²) >= 11 is 0. The van der Waals surface area contributed by atoms with Gasteiger partial charge in [0, 0.05) is 12.6 Å². The molecule has 0 bridgehead atoms. The first kappa shape index (κ1) is 18.7. The predicted molar refractivity (Wildman–Crippen MR) is 103 cm³/mol. The maximum Gasteiger partial charge on any atom is 0.173 e. The van der Waals surface area contributed by atoms with E-state index in [0.29, 0.717) is 6.54 Å². The van der Waals surface area contributed by atoms with Gasteiger partial charge >= 0.3 is 0 Å². The highest BCUT2D eigenvalue weighted by atomic mass is 19.1. The lowest BCUT2D eigenvalue weighted by Gasteiger charge is -2.29. The van der Waals surface area contributed by atoms with Crippen LogP contribution in [0.15, 0.2) is 42.5 Å². The molecule has 0 spiro atoms. The number of tetrazole rings is 1. The van der Waals surface area contributed by atoms with Crippen molar-refractivity contribution < 1.29 is 9.50 Å². The zero-order valence-corrected chi connectivity index (χ0v) is 16.1. The lowest BCUT2D eigenvalue weighted by molar-refractivity contribution is 0.118. The van der Waals surface area contributed by atoms with Crippen molar-refractivity contribution in [2.24, 2.45) is 0 Å². The zero-order chi connectivity index (χ0) is 19.7. The topological polar surface area (TPSA) is 67.1 Å². The predicted octanol–water partition coefficient (Wildman–Crippen LogP) is 3.12. The van der Waals surface area contributed by atoms with E-state index in [9.17, 15) is 9.50 Å². The average molecular weight is 381 g/mol. The average Bonchev–Trinajstić information content (AvgIpc) is 3.28. The van der Waals surface area contributed by atoms with Gasteiger partial charge in [0.15, 0.2) is 5.82 Å². The molecular formula is C21H24FN5O. The van der Waals surface area contributed by atoms with E-state index in [0.717, 1.165) is 41.0 Å². The minimum atomic E-state index is -0.255. The summed E-state index contributed by atoms with van der Waals surface area (Å²) in [5.74, 6) is 0.499. The number of aromatic nitrogens is 4. The van der Waals surface area contributed by atoms with Crippen molar-refractivity contribution in [3.05, 3.63) is 70.8 Å². The SMILES string of the molecule is Cc1cccc(C)c1-n1nnnc1[C@@H]1CC[C@@H](CO)N1Cc1cccc(F)c1. The number of aliphatic hydroxyl groups excluding tert-OH is 1. The second kappa shape index (κ2) is 7.77. The van der Waals surface area contributed by atoms with Gasteiger partial charge in [-0.05, 0) is 65.9 Å². The van der Waals surface area contributed by atoms with Gasteiger partial charge in [-0.25, -0.2) is 4.39 Å². The maximum absolute atomic E-state index is 13.7. The van der Waals surface area contributed by atoms with Crippen LogP contribution in [0.25, 0.3) is 5.69 Å². The summed E-state index contributed by atoms with van der Waals surface area (Å²) < 4.78 is 15.5. The van der Waals surface area contributed by atoms with E-state index in [2.05, 4.69) is 20.4 Å². The number of halogens is 1. The molecule has 7 heteroatoms. The van der Waals surface area contributed by atoms with Gasteiger partial charge in [0.2, 0.25) is 0 Å². The van der Waals surface area contributed by atoms with Gasteiger partial charge in [-0.1, -0.05) is 30.3 Å².